The Morgan fingerprint density at radius 2 is 2.12 bits per heavy atom. The van der Waals surface area contributed by atoms with Crippen molar-refractivity contribution in [2.75, 3.05) is 47.4 Å². The third-order valence-corrected chi connectivity index (χ3v) is 5.92. The van der Waals surface area contributed by atoms with E-state index in [-0.39, 0.29) is 36.5 Å². The average Bonchev–Trinajstić information content (AvgIpc) is 3.20. The molecule has 1 aliphatic heterocycles. The Morgan fingerprint density at radius 1 is 1.38 bits per heavy atom. The van der Waals surface area contributed by atoms with Crippen molar-refractivity contribution in [2.45, 2.75) is 64.8 Å². The molecule has 0 saturated carbocycles. The van der Waals surface area contributed by atoms with Crippen LogP contribution in [-0.4, -0.2) is 106 Å². The zero-order chi connectivity index (χ0) is 23.7. The highest BCUT2D eigenvalue weighted by Crippen LogP contribution is 2.18. The van der Waals surface area contributed by atoms with Gasteiger partial charge in [0.1, 0.15) is 5.69 Å². The molecule has 2 amide bonds. The summed E-state index contributed by atoms with van der Waals surface area (Å²) < 4.78 is 7.93. The maximum absolute atomic E-state index is 12.9. The summed E-state index contributed by atoms with van der Waals surface area (Å²) in [7, 11) is 5.78. The molecule has 0 saturated heterocycles. The van der Waals surface area contributed by atoms with Gasteiger partial charge in [0.05, 0.1) is 31.6 Å². The number of hydrogen-bond donors (Lipinski definition) is 1. The molecule has 182 valence electrons. The van der Waals surface area contributed by atoms with E-state index >= 15 is 0 Å². The molecule has 1 N–H and O–H groups in total. The van der Waals surface area contributed by atoms with Crippen LogP contribution in [0.5, 0.6) is 0 Å². The second-order valence-corrected chi connectivity index (χ2v) is 9.16. The second-order valence-electron chi connectivity index (χ2n) is 9.16. The Kier molecular flexibility index (Phi) is 10.5. The van der Waals surface area contributed by atoms with Crippen molar-refractivity contribution in [3.63, 3.8) is 0 Å². The van der Waals surface area contributed by atoms with Gasteiger partial charge in [-0.25, -0.2) is 0 Å². The molecule has 0 unspecified atom stereocenters. The molecular weight excluding hydrogens is 412 g/mol. The number of carbonyl (C=O) groups is 2. The smallest absolute Gasteiger partial charge is 0.222 e. The number of rotatable bonds is 8. The number of likely N-dealkylation sites (N-methyl/N-ethyl adjacent to an activating group) is 1. The van der Waals surface area contributed by atoms with Crippen molar-refractivity contribution >= 4 is 11.8 Å². The van der Waals surface area contributed by atoms with Gasteiger partial charge in [-0.1, -0.05) is 12.1 Å². The van der Waals surface area contributed by atoms with E-state index in [4.69, 9.17) is 4.74 Å². The molecular formula is C22H40N6O4. The zero-order valence-electron chi connectivity index (χ0n) is 20.2. The summed E-state index contributed by atoms with van der Waals surface area (Å²) in [5, 5.41) is 18.0. The number of aromatic nitrogens is 3. The molecule has 2 bridgehead atoms. The van der Waals surface area contributed by atoms with Crippen LogP contribution < -0.4 is 0 Å². The fourth-order valence-corrected chi connectivity index (χ4v) is 3.80. The highest BCUT2D eigenvalue weighted by molar-refractivity contribution is 5.76. The third kappa shape index (κ3) is 8.14. The molecule has 0 radical (unpaired) electrons. The first-order valence-corrected chi connectivity index (χ1v) is 11.5. The summed E-state index contributed by atoms with van der Waals surface area (Å²) in [4.78, 5) is 31.0. The predicted molar refractivity (Wildman–Crippen MR) is 121 cm³/mol. The van der Waals surface area contributed by atoms with Gasteiger partial charge in [-0.15, -0.1) is 5.10 Å². The summed E-state index contributed by atoms with van der Waals surface area (Å²) in [6, 6.07) is -0.279. The molecule has 0 aromatic carbocycles. The van der Waals surface area contributed by atoms with Gasteiger partial charge in [-0.05, 0) is 40.4 Å². The van der Waals surface area contributed by atoms with E-state index in [1.165, 1.54) is 0 Å². The number of aliphatic hydroxyl groups excluding tert-OH is 1. The molecule has 2 heterocycles. The number of ether oxygens (including phenoxy) is 1. The molecule has 1 aromatic rings. The van der Waals surface area contributed by atoms with Crippen molar-refractivity contribution in [1.82, 2.24) is 29.7 Å². The van der Waals surface area contributed by atoms with Crippen LogP contribution in [0.2, 0.25) is 0 Å². The van der Waals surface area contributed by atoms with E-state index in [2.05, 4.69) is 15.2 Å². The van der Waals surface area contributed by atoms with E-state index < -0.39 is 0 Å². The molecule has 32 heavy (non-hydrogen) atoms. The summed E-state index contributed by atoms with van der Waals surface area (Å²) >= 11 is 0. The lowest BCUT2D eigenvalue weighted by Gasteiger charge is -2.35. The second kappa shape index (κ2) is 12.9. The monoisotopic (exact) mass is 452 g/mol. The fraction of sp³-hybridized carbons (Fsp3) is 0.818. The van der Waals surface area contributed by atoms with Gasteiger partial charge in [0.25, 0.3) is 0 Å². The standard InChI is InChI=1S/C22H40N6O4/c1-17-12-28(18(2)15-29)22(31)9-7-11-27-13-19(23-24-27)16-32-20(17)14-26(5)21(30)8-6-10-25(3)4/h13,17-18,20,29H,6-12,14-16H2,1-5H3/t17-,18-,20+/m1/s1. The van der Waals surface area contributed by atoms with Crippen molar-refractivity contribution < 1.29 is 19.4 Å². The van der Waals surface area contributed by atoms with Crippen LogP contribution in [0, 0.1) is 5.92 Å². The van der Waals surface area contributed by atoms with Gasteiger partial charge >= 0.3 is 0 Å². The maximum atomic E-state index is 12.9. The Balaban J connectivity index is 2.13. The predicted octanol–water partition coefficient (Wildman–Crippen LogP) is 0.603. The van der Waals surface area contributed by atoms with Gasteiger partial charge < -0.3 is 24.5 Å². The lowest BCUT2D eigenvalue weighted by Crippen LogP contribution is -2.47. The number of carbonyl (C=O) groups excluding carboxylic acids is 2. The molecule has 0 aliphatic carbocycles. The fourth-order valence-electron chi connectivity index (χ4n) is 3.80. The SMILES string of the molecule is C[C@@H]1CN([C@H](C)CO)C(=O)CCCn2cc(nn2)CO[C@H]1CN(C)C(=O)CCCN(C)C. The number of aryl methyl sites for hydroxylation is 1. The number of aliphatic hydroxyl groups is 1. The topological polar surface area (TPSA) is 104 Å². The van der Waals surface area contributed by atoms with Crippen molar-refractivity contribution in [2.24, 2.45) is 5.92 Å². The maximum Gasteiger partial charge on any atom is 0.222 e. The molecule has 1 aromatic heterocycles. The number of fused-ring (bicyclic) bond motifs is 2. The quantitative estimate of drug-likeness (QED) is 0.616. The Bertz CT molecular complexity index is 725. The van der Waals surface area contributed by atoms with Crippen LogP contribution in [-0.2, 0) is 27.5 Å². The lowest BCUT2D eigenvalue weighted by molar-refractivity contribution is -0.138. The summed E-state index contributed by atoms with van der Waals surface area (Å²) in [6.07, 6.45) is 3.87. The van der Waals surface area contributed by atoms with Crippen LogP contribution in [0.25, 0.3) is 0 Å². The Labute approximate surface area is 191 Å². The molecule has 0 spiro atoms. The largest absolute Gasteiger partial charge is 0.394 e. The normalized spacial score (nSPS) is 21.6. The van der Waals surface area contributed by atoms with Crippen molar-refractivity contribution in [1.29, 1.82) is 0 Å². The number of hydrogen-bond acceptors (Lipinski definition) is 7. The number of amides is 2. The summed E-state index contributed by atoms with van der Waals surface area (Å²) in [5.74, 6) is 0.0406. The van der Waals surface area contributed by atoms with Crippen molar-refractivity contribution in [3.05, 3.63) is 11.9 Å². The molecule has 2 rings (SSSR count). The van der Waals surface area contributed by atoms with Crippen LogP contribution in [0.1, 0.15) is 45.2 Å². The van der Waals surface area contributed by atoms with Crippen LogP contribution in [0.3, 0.4) is 0 Å². The van der Waals surface area contributed by atoms with Gasteiger partial charge in [0, 0.05) is 45.4 Å². The minimum atomic E-state index is -0.287. The van der Waals surface area contributed by atoms with Gasteiger partial charge in [0.2, 0.25) is 11.8 Å². The minimum absolute atomic E-state index is 0.00449. The van der Waals surface area contributed by atoms with Gasteiger partial charge in [-0.2, -0.15) is 0 Å². The van der Waals surface area contributed by atoms with Crippen LogP contribution in [0.4, 0.5) is 0 Å². The summed E-state index contributed by atoms with van der Waals surface area (Å²) in [5.41, 5.74) is 0.730. The highest BCUT2D eigenvalue weighted by Gasteiger charge is 2.28. The molecule has 10 heteroatoms. The van der Waals surface area contributed by atoms with E-state index in [9.17, 15) is 14.7 Å². The highest BCUT2D eigenvalue weighted by atomic mass is 16.5. The van der Waals surface area contributed by atoms with Gasteiger partial charge in [0.15, 0.2) is 0 Å². The van der Waals surface area contributed by atoms with E-state index in [1.54, 1.807) is 21.5 Å². The average molecular weight is 453 g/mol. The first-order chi connectivity index (χ1) is 15.2. The lowest BCUT2D eigenvalue weighted by atomic mass is 10.0. The molecule has 3 atom stereocenters. The minimum Gasteiger partial charge on any atom is -0.394 e. The first-order valence-electron chi connectivity index (χ1n) is 11.5. The zero-order valence-corrected chi connectivity index (χ0v) is 20.2. The third-order valence-electron chi connectivity index (χ3n) is 5.92. The van der Waals surface area contributed by atoms with E-state index in [1.807, 2.05) is 34.1 Å². The molecule has 1 aliphatic rings. The Hall–Kier alpha value is -2.04. The van der Waals surface area contributed by atoms with Crippen LogP contribution >= 0.6 is 0 Å². The number of nitrogens with zero attached hydrogens (tertiary/aromatic N) is 6. The first kappa shape index (κ1) is 26.2. The van der Waals surface area contributed by atoms with E-state index in [0.717, 1.165) is 18.7 Å². The molecule has 0 fully saturated rings. The van der Waals surface area contributed by atoms with Crippen LogP contribution in [0.15, 0.2) is 6.20 Å². The van der Waals surface area contributed by atoms with Gasteiger partial charge in [-0.3, -0.25) is 14.3 Å². The van der Waals surface area contributed by atoms with Crippen molar-refractivity contribution in [3.8, 4) is 0 Å². The Morgan fingerprint density at radius 3 is 2.81 bits per heavy atom. The molecule has 10 nitrogen and oxygen atoms in total. The summed E-state index contributed by atoms with van der Waals surface area (Å²) in [6.45, 7) is 6.41. The van der Waals surface area contributed by atoms with E-state index in [0.29, 0.717) is 45.5 Å².